The summed E-state index contributed by atoms with van der Waals surface area (Å²) in [5.41, 5.74) is 1.85. The van der Waals surface area contributed by atoms with Gasteiger partial charge in [0.25, 0.3) is 0 Å². The highest BCUT2D eigenvalue weighted by atomic mass is 32.1. The summed E-state index contributed by atoms with van der Waals surface area (Å²) >= 11 is 1.53. The van der Waals surface area contributed by atoms with Crippen molar-refractivity contribution in [1.82, 2.24) is 4.90 Å². The van der Waals surface area contributed by atoms with Gasteiger partial charge in [0, 0.05) is 23.9 Å². The smallest absolute Gasteiger partial charge is 0.326 e. The molecule has 2 aromatic rings. The second kappa shape index (κ2) is 12.9. The minimum Gasteiger partial charge on any atom is -0.490 e. The molecule has 0 fully saturated rings. The normalized spacial score (nSPS) is 16.1. The van der Waals surface area contributed by atoms with Crippen LogP contribution in [0, 0.1) is 5.92 Å². The summed E-state index contributed by atoms with van der Waals surface area (Å²) in [6, 6.07) is 8.62. The number of carbonyl (C=O) groups is 2. The van der Waals surface area contributed by atoms with E-state index in [4.69, 9.17) is 4.74 Å². The molecule has 1 atom stereocenters. The van der Waals surface area contributed by atoms with Crippen LogP contribution in [0.25, 0.3) is 6.08 Å². The minimum atomic E-state index is -0.994. The first-order valence-electron chi connectivity index (χ1n) is 11.8. The molecule has 1 aliphatic rings. The zero-order valence-corrected chi connectivity index (χ0v) is 20.7. The van der Waals surface area contributed by atoms with Gasteiger partial charge < -0.3 is 14.7 Å². The van der Waals surface area contributed by atoms with Gasteiger partial charge in [0.15, 0.2) is 0 Å². The van der Waals surface area contributed by atoms with Gasteiger partial charge in [0.05, 0.1) is 0 Å². The molecule has 1 aliphatic heterocycles. The highest BCUT2D eigenvalue weighted by molar-refractivity contribution is 7.10. The summed E-state index contributed by atoms with van der Waals surface area (Å²) in [5.74, 6) is 0.156. The largest absolute Gasteiger partial charge is 0.490 e. The van der Waals surface area contributed by atoms with Crippen molar-refractivity contribution in [1.29, 1.82) is 0 Å². The summed E-state index contributed by atoms with van der Waals surface area (Å²) in [5, 5.41) is 11.6. The Kier molecular flexibility index (Phi) is 9.71. The lowest BCUT2D eigenvalue weighted by Crippen LogP contribution is -2.48. The lowest BCUT2D eigenvalue weighted by Gasteiger charge is -2.34. The molecule has 0 spiro atoms. The number of benzene rings is 1. The van der Waals surface area contributed by atoms with Crippen LogP contribution in [0.4, 0.5) is 0 Å². The summed E-state index contributed by atoms with van der Waals surface area (Å²) in [4.78, 5) is 27.0. The highest BCUT2D eigenvalue weighted by Crippen LogP contribution is 2.28. The molecule has 0 saturated heterocycles. The summed E-state index contributed by atoms with van der Waals surface area (Å²) in [6.07, 6.45) is 15.2. The van der Waals surface area contributed by atoms with Crippen LogP contribution >= 0.6 is 11.3 Å². The Bertz CT molecular complexity index is 1040. The van der Waals surface area contributed by atoms with Crippen molar-refractivity contribution in [3.8, 4) is 5.75 Å². The fourth-order valence-electron chi connectivity index (χ4n) is 3.84. The van der Waals surface area contributed by atoms with E-state index in [1.54, 1.807) is 6.08 Å². The molecule has 1 aromatic carbocycles. The summed E-state index contributed by atoms with van der Waals surface area (Å²) in [7, 11) is 0. The molecule has 0 bridgehead atoms. The van der Waals surface area contributed by atoms with Crippen molar-refractivity contribution in [3.63, 3.8) is 0 Å². The van der Waals surface area contributed by atoms with E-state index in [1.807, 2.05) is 47.9 Å². The number of fused-ring (bicyclic) bond motifs is 1. The number of carboxylic acids is 1. The van der Waals surface area contributed by atoms with Crippen molar-refractivity contribution in [2.45, 2.75) is 52.1 Å². The molecular weight excluding hydrogens is 446 g/mol. The van der Waals surface area contributed by atoms with E-state index in [-0.39, 0.29) is 18.9 Å². The van der Waals surface area contributed by atoms with Gasteiger partial charge >= 0.3 is 5.97 Å². The van der Waals surface area contributed by atoms with Gasteiger partial charge in [-0.1, -0.05) is 50.6 Å². The number of hydrogen-bond acceptors (Lipinski definition) is 4. The first-order chi connectivity index (χ1) is 16.4. The molecule has 6 heteroatoms. The quantitative estimate of drug-likeness (QED) is 0.240. The molecule has 1 aromatic heterocycles. The number of aliphatic carboxylic acids is 1. The number of carboxylic acid groups (broad SMARTS) is 1. The zero-order valence-electron chi connectivity index (χ0n) is 19.9. The molecule has 1 amide bonds. The number of amides is 1. The first kappa shape index (κ1) is 25.5. The lowest BCUT2D eigenvalue weighted by atomic mass is 9.93. The number of allylic oxidation sites excluding steroid dienone is 3. The Morgan fingerprint density at radius 3 is 2.76 bits per heavy atom. The standard InChI is InChI=1S/C28H33NO4S/c1-21(2)10-7-5-3-4-6-8-16-33-24-13-12-22-19-26(28(31)32)29(20-23(22)18-24)27(30)15-14-25-11-9-17-34-25/h3-4,6,8-9,11-15,17-18,21,26H,5,7,10,16,19-20H2,1-2H3,(H,31,32)/b4-3+,8-6+,15-14+/t26-/m0/s1. The van der Waals surface area contributed by atoms with Crippen LogP contribution in [0.3, 0.4) is 0 Å². The van der Waals surface area contributed by atoms with E-state index >= 15 is 0 Å². The average Bonchev–Trinajstić information content (AvgIpc) is 3.34. The monoisotopic (exact) mass is 479 g/mol. The maximum Gasteiger partial charge on any atom is 0.326 e. The van der Waals surface area contributed by atoms with Gasteiger partial charge in [-0.25, -0.2) is 4.79 Å². The lowest BCUT2D eigenvalue weighted by molar-refractivity contribution is -0.149. The third-order valence-electron chi connectivity index (χ3n) is 5.69. The van der Waals surface area contributed by atoms with Crippen LogP contribution < -0.4 is 4.74 Å². The van der Waals surface area contributed by atoms with Gasteiger partial charge in [-0.05, 0) is 65.6 Å². The van der Waals surface area contributed by atoms with E-state index in [1.165, 1.54) is 35.2 Å². The maximum atomic E-state index is 12.8. The van der Waals surface area contributed by atoms with Crippen LogP contribution in [-0.2, 0) is 22.6 Å². The Morgan fingerprint density at radius 2 is 2.03 bits per heavy atom. The molecule has 1 N–H and O–H groups in total. The van der Waals surface area contributed by atoms with Crippen molar-refractivity contribution in [2.75, 3.05) is 6.61 Å². The van der Waals surface area contributed by atoms with Gasteiger partial charge in [0.2, 0.25) is 5.91 Å². The van der Waals surface area contributed by atoms with E-state index < -0.39 is 12.0 Å². The van der Waals surface area contributed by atoms with Gasteiger partial charge in [-0.2, -0.15) is 0 Å². The topological polar surface area (TPSA) is 66.8 Å². The molecule has 34 heavy (non-hydrogen) atoms. The molecule has 0 radical (unpaired) electrons. The summed E-state index contributed by atoms with van der Waals surface area (Å²) in [6.45, 7) is 5.17. The number of unbranched alkanes of at least 4 members (excludes halogenated alkanes) is 1. The molecule has 0 saturated carbocycles. The fourth-order valence-corrected chi connectivity index (χ4v) is 4.45. The molecule has 0 aliphatic carbocycles. The zero-order chi connectivity index (χ0) is 24.3. The van der Waals surface area contributed by atoms with Crippen molar-refractivity contribution >= 4 is 29.3 Å². The predicted octanol–water partition coefficient (Wildman–Crippen LogP) is 6.12. The molecule has 2 heterocycles. The Balaban J connectivity index is 1.58. The molecular formula is C28H33NO4S. The third kappa shape index (κ3) is 7.73. The van der Waals surface area contributed by atoms with Crippen LogP contribution in [0.5, 0.6) is 5.75 Å². The molecule has 5 nitrogen and oxygen atoms in total. The molecule has 0 unspecified atom stereocenters. The van der Waals surface area contributed by atoms with Crippen LogP contribution in [-0.4, -0.2) is 34.5 Å². The fraction of sp³-hybridized carbons (Fsp3) is 0.357. The number of carbonyl (C=O) groups excluding carboxylic acids is 1. The van der Waals surface area contributed by atoms with E-state index in [0.717, 1.165) is 28.3 Å². The third-order valence-corrected chi connectivity index (χ3v) is 6.53. The highest BCUT2D eigenvalue weighted by Gasteiger charge is 2.33. The van der Waals surface area contributed by atoms with Crippen LogP contribution in [0.1, 0.15) is 49.1 Å². The molecule has 3 rings (SSSR count). The SMILES string of the molecule is CC(C)CCC/C=C/C=C/COc1ccc2c(c1)CN(C(=O)/C=C/c1cccs1)[C@H](C(=O)O)C2. The average molecular weight is 480 g/mol. The van der Waals surface area contributed by atoms with E-state index in [0.29, 0.717) is 12.4 Å². The number of rotatable bonds is 11. The number of thiophene rings is 1. The number of hydrogen-bond donors (Lipinski definition) is 1. The van der Waals surface area contributed by atoms with Crippen molar-refractivity contribution in [3.05, 3.63) is 82.1 Å². The van der Waals surface area contributed by atoms with Crippen LogP contribution in [0.15, 0.2) is 66.1 Å². The van der Waals surface area contributed by atoms with Gasteiger partial charge in [-0.15, -0.1) is 11.3 Å². The first-order valence-corrected chi connectivity index (χ1v) is 12.6. The minimum absolute atomic E-state index is 0.242. The maximum absolute atomic E-state index is 12.8. The second-order valence-electron chi connectivity index (χ2n) is 8.80. The van der Waals surface area contributed by atoms with Gasteiger partial charge in [0.1, 0.15) is 18.4 Å². The number of ether oxygens (including phenoxy) is 1. The van der Waals surface area contributed by atoms with Gasteiger partial charge in [-0.3, -0.25) is 4.79 Å². The van der Waals surface area contributed by atoms with E-state index in [2.05, 4.69) is 26.0 Å². The van der Waals surface area contributed by atoms with Crippen LogP contribution in [0.2, 0.25) is 0 Å². The predicted molar refractivity (Wildman–Crippen MR) is 138 cm³/mol. The Hall–Kier alpha value is -3.12. The van der Waals surface area contributed by atoms with Crippen molar-refractivity contribution < 1.29 is 19.4 Å². The second-order valence-corrected chi connectivity index (χ2v) is 9.77. The Labute approximate surface area is 206 Å². The molecule has 180 valence electrons. The number of nitrogens with zero attached hydrogens (tertiary/aromatic N) is 1. The van der Waals surface area contributed by atoms with E-state index in [9.17, 15) is 14.7 Å². The van der Waals surface area contributed by atoms with Crippen molar-refractivity contribution in [2.24, 2.45) is 5.92 Å². The summed E-state index contributed by atoms with van der Waals surface area (Å²) < 4.78 is 5.84. The Morgan fingerprint density at radius 1 is 1.21 bits per heavy atom.